The summed E-state index contributed by atoms with van der Waals surface area (Å²) < 4.78 is 32.6. The molecule has 1 heterocycles. The fourth-order valence-corrected chi connectivity index (χ4v) is 3.25. The van der Waals surface area contributed by atoms with E-state index in [2.05, 4.69) is 4.72 Å². The molecule has 1 saturated heterocycles. The largest absolute Gasteiger partial charge is 0.383 e. The van der Waals surface area contributed by atoms with Gasteiger partial charge < -0.3 is 10.5 Å². The van der Waals surface area contributed by atoms with Crippen molar-refractivity contribution in [1.82, 2.24) is 9.03 Å². The van der Waals surface area contributed by atoms with Gasteiger partial charge in [-0.1, -0.05) is 0 Å². The summed E-state index contributed by atoms with van der Waals surface area (Å²) in [6, 6.07) is 0. The molecule has 1 rings (SSSR count). The number of rotatable bonds is 7. The van der Waals surface area contributed by atoms with E-state index >= 15 is 0 Å². The molecule has 0 unspecified atom stereocenters. The van der Waals surface area contributed by atoms with Gasteiger partial charge in [-0.05, 0) is 31.7 Å². The van der Waals surface area contributed by atoms with Crippen LogP contribution in [0.3, 0.4) is 0 Å². The fourth-order valence-electron chi connectivity index (χ4n) is 2.04. The van der Waals surface area contributed by atoms with E-state index in [-0.39, 0.29) is 0 Å². The number of nitrogens with zero attached hydrogens (tertiary/aromatic N) is 1. The molecule has 1 aliphatic rings. The van der Waals surface area contributed by atoms with Crippen molar-refractivity contribution in [2.45, 2.75) is 19.3 Å². The highest BCUT2D eigenvalue weighted by molar-refractivity contribution is 7.87. The van der Waals surface area contributed by atoms with Gasteiger partial charge in [0, 0.05) is 26.7 Å². The molecular weight excluding hydrogens is 242 g/mol. The third-order valence-electron chi connectivity index (χ3n) is 3.08. The summed E-state index contributed by atoms with van der Waals surface area (Å²) in [5.41, 5.74) is 5.50. The molecular formula is C10H23N3O3S. The summed E-state index contributed by atoms with van der Waals surface area (Å²) in [5.74, 6) is 0.574. The predicted octanol–water partition coefficient (Wildman–Crippen LogP) is -0.472. The van der Waals surface area contributed by atoms with Crippen molar-refractivity contribution in [3.05, 3.63) is 0 Å². The first kappa shape index (κ1) is 14.8. The zero-order chi connectivity index (χ0) is 12.7. The molecule has 6 nitrogen and oxygen atoms in total. The van der Waals surface area contributed by atoms with Crippen LogP contribution in [0, 0.1) is 5.92 Å². The topological polar surface area (TPSA) is 84.7 Å². The Hall–Kier alpha value is -0.210. The molecule has 3 N–H and O–H groups in total. The van der Waals surface area contributed by atoms with E-state index in [0.29, 0.717) is 38.7 Å². The van der Waals surface area contributed by atoms with Crippen molar-refractivity contribution in [2.75, 3.05) is 39.9 Å². The molecule has 0 bridgehead atoms. The van der Waals surface area contributed by atoms with Gasteiger partial charge in [0.25, 0.3) is 10.2 Å². The molecule has 0 amide bonds. The van der Waals surface area contributed by atoms with Crippen molar-refractivity contribution in [3.8, 4) is 0 Å². The van der Waals surface area contributed by atoms with E-state index in [0.717, 1.165) is 19.3 Å². The Kier molecular flexibility index (Phi) is 6.35. The smallest absolute Gasteiger partial charge is 0.279 e. The third kappa shape index (κ3) is 4.89. The van der Waals surface area contributed by atoms with Crippen molar-refractivity contribution in [1.29, 1.82) is 0 Å². The number of methoxy groups -OCH3 is 1. The average molecular weight is 265 g/mol. The number of piperidine rings is 1. The standard InChI is InChI=1S/C10H23N3O3S/c1-16-9-6-12-17(14,15)13-7-3-10(2-5-11)4-8-13/h10,12H,2-9,11H2,1H3. The van der Waals surface area contributed by atoms with Crippen LogP contribution in [-0.4, -0.2) is 52.6 Å². The summed E-state index contributed by atoms with van der Waals surface area (Å²) in [5, 5.41) is 0. The van der Waals surface area contributed by atoms with Gasteiger partial charge in [0.2, 0.25) is 0 Å². The summed E-state index contributed by atoms with van der Waals surface area (Å²) in [7, 11) is -1.77. The first-order valence-electron chi connectivity index (χ1n) is 6.04. The molecule has 7 heteroatoms. The second-order valence-corrected chi connectivity index (χ2v) is 6.07. The van der Waals surface area contributed by atoms with Crippen molar-refractivity contribution in [2.24, 2.45) is 11.7 Å². The highest BCUT2D eigenvalue weighted by Crippen LogP contribution is 2.21. The van der Waals surface area contributed by atoms with Crippen molar-refractivity contribution in [3.63, 3.8) is 0 Å². The monoisotopic (exact) mass is 265 g/mol. The zero-order valence-corrected chi connectivity index (χ0v) is 11.2. The number of ether oxygens (including phenoxy) is 1. The van der Waals surface area contributed by atoms with E-state index in [4.69, 9.17) is 10.5 Å². The Morgan fingerprint density at radius 2 is 2.06 bits per heavy atom. The molecule has 17 heavy (non-hydrogen) atoms. The summed E-state index contributed by atoms with van der Waals surface area (Å²) in [6.45, 7) is 2.58. The van der Waals surface area contributed by atoms with Crippen LogP contribution >= 0.6 is 0 Å². The van der Waals surface area contributed by atoms with Crippen LogP contribution in [0.1, 0.15) is 19.3 Å². The fraction of sp³-hybridized carbons (Fsp3) is 1.00. The van der Waals surface area contributed by atoms with E-state index in [9.17, 15) is 8.42 Å². The van der Waals surface area contributed by atoms with Crippen LogP contribution in [0.2, 0.25) is 0 Å². The molecule has 1 fully saturated rings. The van der Waals surface area contributed by atoms with E-state index in [1.807, 2.05) is 0 Å². The Morgan fingerprint density at radius 1 is 1.41 bits per heavy atom. The van der Waals surface area contributed by atoms with Gasteiger partial charge in [-0.2, -0.15) is 17.4 Å². The second-order valence-electron chi connectivity index (χ2n) is 4.31. The summed E-state index contributed by atoms with van der Waals surface area (Å²) >= 11 is 0. The molecule has 102 valence electrons. The number of nitrogens with one attached hydrogen (secondary N) is 1. The van der Waals surface area contributed by atoms with Crippen LogP contribution < -0.4 is 10.5 Å². The van der Waals surface area contributed by atoms with Gasteiger partial charge in [-0.15, -0.1) is 0 Å². The average Bonchev–Trinajstić information content (AvgIpc) is 2.30. The molecule has 0 saturated carbocycles. The van der Waals surface area contributed by atoms with Crippen LogP contribution in [0.15, 0.2) is 0 Å². The molecule has 0 aromatic rings. The Morgan fingerprint density at radius 3 is 2.59 bits per heavy atom. The highest BCUT2D eigenvalue weighted by Gasteiger charge is 2.26. The number of nitrogens with two attached hydrogens (primary N) is 1. The lowest BCUT2D eigenvalue weighted by atomic mass is 9.95. The minimum atomic E-state index is -3.32. The van der Waals surface area contributed by atoms with Gasteiger partial charge in [-0.3, -0.25) is 0 Å². The van der Waals surface area contributed by atoms with Gasteiger partial charge in [0.15, 0.2) is 0 Å². The molecule has 0 radical (unpaired) electrons. The van der Waals surface area contributed by atoms with E-state index in [1.165, 1.54) is 4.31 Å². The lowest BCUT2D eigenvalue weighted by Crippen LogP contribution is -2.45. The highest BCUT2D eigenvalue weighted by atomic mass is 32.2. The molecule has 0 aliphatic carbocycles. The minimum absolute atomic E-state index is 0.321. The van der Waals surface area contributed by atoms with Gasteiger partial charge >= 0.3 is 0 Å². The van der Waals surface area contributed by atoms with Gasteiger partial charge in [0.1, 0.15) is 0 Å². The van der Waals surface area contributed by atoms with E-state index in [1.54, 1.807) is 7.11 Å². The Bertz CT molecular complexity index is 300. The molecule has 1 aliphatic heterocycles. The maximum Gasteiger partial charge on any atom is 0.279 e. The second kappa shape index (κ2) is 7.27. The van der Waals surface area contributed by atoms with Gasteiger partial charge in [0.05, 0.1) is 6.61 Å². The van der Waals surface area contributed by atoms with Crippen molar-refractivity contribution >= 4 is 10.2 Å². The zero-order valence-electron chi connectivity index (χ0n) is 10.4. The van der Waals surface area contributed by atoms with Crippen LogP contribution in [0.4, 0.5) is 0 Å². The summed E-state index contributed by atoms with van der Waals surface area (Å²) in [4.78, 5) is 0. The van der Waals surface area contributed by atoms with Crippen LogP contribution in [0.5, 0.6) is 0 Å². The van der Waals surface area contributed by atoms with Crippen molar-refractivity contribution < 1.29 is 13.2 Å². The normalized spacial score (nSPS) is 19.6. The first-order valence-corrected chi connectivity index (χ1v) is 7.48. The molecule has 0 aromatic heterocycles. The third-order valence-corrected chi connectivity index (χ3v) is 4.69. The maximum absolute atomic E-state index is 11.9. The SMILES string of the molecule is COCCNS(=O)(=O)N1CCC(CCN)CC1. The Balaban J connectivity index is 2.36. The molecule has 0 spiro atoms. The molecule has 0 atom stereocenters. The Labute approximate surface area is 104 Å². The lowest BCUT2D eigenvalue weighted by Gasteiger charge is -2.30. The lowest BCUT2D eigenvalue weighted by molar-refractivity contribution is 0.202. The predicted molar refractivity (Wildman–Crippen MR) is 66.8 cm³/mol. The first-order chi connectivity index (χ1) is 8.10. The number of hydrogen-bond donors (Lipinski definition) is 2. The maximum atomic E-state index is 11.9. The van der Waals surface area contributed by atoms with E-state index < -0.39 is 10.2 Å². The number of hydrogen-bond acceptors (Lipinski definition) is 4. The minimum Gasteiger partial charge on any atom is -0.383 e. The van der Waals surface area contributed by atoms with Crippen LogP contribution in [0.25, 0.3) is 0 Å². The quantitative estimate of drug-likeness (QED) is 0.609. The molecule has 0 aromatic carbocycles. The van der Waals surface area contributed by atoms with Crippen LogP contribution in [-0.2, 0) is 14.9 Å². The summed E-state index contributed by atoms with van der Waals surface area (Å²) in [6.07, 6.45) is 2.80. The van der Waals surface area contributed by atoms with Gasteiger partial charge in [-0.25, -0.2) is 0 Å².